The van der Waals surface area contributed by atoms with Gasteiger partial charge in [0, 0.05) is 6.04 Å². The van der Waals surface area contributed by atoms with Gasteiger partial charge in [-0.15, -0.1) is 0 Å². The first-order chi connectivity index (χ1) is 7.86. The lowest BCUT2D eigenvalue weighted by atomic mass is 10.0. The van der Waals surface area contributed by atoms with Crippen molar-refractivity contribution >= 4 is 0 Å². The van der Waals surface area contributed by atoms with Crippen LogP contribution in [0.2, 0.25) is 0 Å². The fraction of sp³-hybridized carbons (Fsp3) is 1.00. The number of piperidine rings is 1. The van der Waals surface area contributed by atoms with E-state index in [2.05, 4.69) is 24.1 Å². The topological polar surface area (TPSA) is 15.3 Å². The Labute approximate surface area is 102 Å². The van der Waals surface area contributed by atoms with E-state index in [0.29, 0.717) is 0 Å². The summed E-state index contributed by atoms with van der Waals surface area (Å²) in [4.78, 5) is 2.61. The molecular weight excluding hydrogens is 196 g/mol. The van der Waals surface area contributed by atoms with E-state index >= 15 is 0 Å². The predicted molar refractivity (Wildman–Crippen MR) is 71.9 cm³/mol. The fourth-order valence-electron chi connectivity index (χ4n) is 2.53. The van der Waals surface area contributed by atoms with Gasteiger partial charge in [-0.05, 0) is 51.9 Å². The van der Waals surface area contributed by atoms with Gasteiger partial charge in [-0.1, -0.05) is 33.1 Å². The van der Waals surface area contributed by atoms with Gasteiger partial charge in [0.05, 0.1) is 0 Å². The van der Waals surface area contributed by atoms with Crippen LogP contribution in [0.4, 0.5) is 0 Å². The largest absolute Gasteiger partial charge is 0.314 e. The Morgan fingerprint density at radius 2 is 1.75 bits per heavy atom. The van der Waals surface area contributed by atoms with Crippen molar-refractivity contribution in [1.82, 2.24) is 10.2 Å². The first-order valence-corrected chi connectivity index (χ1v) is 7.32. The molecule has 0 atom stereocenters. The first-order valence-electron chi connectivity index (χ1n) is 7.32. The van der Waals surface area contributed by atoms with Crippen LogP contribution in [0.15, 0.2) is 0 Å². The molecule has 96 valence electrons. The van der Waals surface area contributed by atoms with Crippen molar-refractivity contribution in [2.45, 2.75) is 64.8 Å². The minimum atomic E-state index is 0.801. The highest BCUT2D eigenvalue weighted by molar-refractivity contribution is 4.76. The molecule has 0 radical (unpaired) electrons. The van der Waals surface area contributed by atoms with Gasteiger partial charge in [0.15, 0.2) is 0 Å². The Morgan fingerprint density at radius 1 is 1.00 bits per heavy atom. The van der Waals surface area contributed by atoms with Crippen molar-refractivity contribution in [3.63, 3.8) is 0 Å². The smallest absolute Gasteiger partial charge is 0.00914 e. The van der Waals surface area contributed by atoms with Gasteiger partial charge in [-0.25, -0.2) is 0 Å². The van der Waals surface area contributed by atoms with Crippen molar-refractivity contribution in [2.75, 3.05) is 26.2 Å². The average Bonchev–Trinajstić information content (AvgIpc) is 2.31. The van der Waals surface area contributed by atoms with Crippen LogP contribution >= 0.6 is 0 Å². The van der Waals surface area contributed by atoms with E-state index in [9.17, 15) is 0 Å². The fourth-order valence-corrected chi connectivity index (χ4v) is 2.53. The summed E-state index contributed by atoms with van der Waals surface area (Å²) < 4.78 is 0. The molecule has 0 saturated carbocycles. The molecule has 0 aliphatic carbocycles. The van der Waals surface area contributed by atoms with Crippen LogP contribution in [0.3, 0.4) is 0 Å². The van der Waals surface area contributed by atoms with Crippen LogP contribution in [-0.2, 0) is 0 Å². The Balaban J connectivity index is 1.95. The number of likely N-dealkylation sites (tertiary alicyclic amines) is 1. The average molecular weight is 226 g/mol. The lowest BCUT2D eigenvalue weighted by Crippen LogP contribution is -2.42. The van der Waals surface area contributed by atoms with E-state index < -0.39 is 0 Å². The molecule has 0 amide bonds. The highest BCUT2D eigenvalue weighted by Gasteiger charge is 2.17. The molecule has 2 nitrogen and oxygen atoms in total. The second-order valence-corrected chi connectivity index (χ2v) is 5.13. The molecule has 1 rings (SSSR count). The molecular formula is C14H30N2. The van der Waals surface area contributed by atoms with Gasteiger partial charge in [0.25, 0.3) is 0 Å². The summed E-state index contributed by atoms with van der Waals surface area (Å²) in [6.45, 7) is 9.69. The third-order valence-electron chi connectivity index (χ3n) is 3.59. The van der Waals surface area contributed by atoms with Crippen molar-refractivity contribution in [1.29, 1.82) is 0 Å². The standard InChI is InChI=1S/C14H30N2/c1-3-5-6-7-10-15-14-8-12-16(11-4-2)13-9-14/h14-15H,3-13H2,1-2H3. The van der Waals surface area contributed by atoms with Crippen LogP contribution in [0, 0.1) is 0 Å². The number of unbranched alkanes of at least 4 members (excludes halogenated alkanes) is 3. The molecule has 0 bridgehead atoms. The SMILES string of the molecule is CCCCCCNC1CCN(CCC)CC1. The first kappa shape index (κ1) is 14.0. The van der Waals surface area contributed by atoms with Crippen LogP contribution in [0.5, 0.6) is 0 Å². The van der Waals surface area contributed by atoms with Gasteiger partial charge in [-0.3, -0.25) is 0 Å². The molecule has 1 N–H and O–H groups in total. The molecule has 1 aliphatic rings. The van der Waals surface area contributed by atoms with Crippen LogP contribution in [-0.4, -0.2) is 37.1 Å². The molecule has 0 aromatic rings. The highest BCUT2D eigenvalue weighted by Crippen LogP contribution is 2.10. The van der Waals surface area contributed by atoms with Gasteiger partial charge in [0.2, 0.25) is 0 Å². The minimum absolute atomic E-state index is 0.801. The predicted octanol–water partition coefficient (Wildman–Crippen LogP) is 3.03. The normalized spacial score (nSPS) is 19.1. The number of rotatable bonds is 8. The third kappa shape index (κ3) is 5.86. The minimum Gasteiger partial charge on any atom is -0.314 e. The zero-order valence-electron chi connectivity index (χ0n) is 11.3. The molecule has 1 aliphatic heterocycles. The third-order valence-corrected chi connectivity index (χ3v) is 3.59. The van der Waals surface area contributed by atoms with Crippen LogP contribution < -0.4 is 5.32 Å². The summed E-state index contributed by atoms with van der Waals surface area (Å²) in [6, 6.07) is 0.801. The lowest BCUT2D eigenvalue weighted by Gasteiger charge is -2.32. The maximum absolute atomic E-state index is 3.72. The van der Waals surface area contributed by atoms with Gasteiger partial charge >= 0.3 is 0 Å². The molecule has 0 aromatic heterocycles. The van der Waals surface area contributed by atoms with Crippen molar-refractivity contribution < 1.29 is 0 Å². The molecule has 2 heteroatoms. The van der Waals surface area contributed by atoms with Crippen LogP contribution in [0.25, 0.3) is 0 Å². The van der Waals surface area contributed by atoms with E-state index in [1.54, 1.807) is 0 Å². The summed E-state index contributed by atoms with van der Waals surface area (Å²) >= 11 is 0. The second kappa shape index (κ2) is 9.00. The molecule has 1 fully saturated rings. The number of hydrogen-bond donors (Lipinski definition) is 1. The highest BCUT2D eigenvalue weighted by atomic mass is 15.1. The number of nitrogens with zero attached hydrogens (tertiary/aromatic N) is 1. The Bertz CT molecular complexity index is 151. The van der Waals surface area contributed by atoms with E-state index in [1.165, 1.54) is 71.1 Å². The summed E-state index contributed by atoms with van der Waals surface area (Å²) in [5, 5.41) is 3.72. The number of nitrogens with one attached hydrogen (secondary N) is 1. The van der Waals surface area contributed by atoms with Gasteiger partial charge in [-0.2, -0.15) is 0 Å². The Hall–Kier alpha value is -0.0800. The van der Waals surface area contributed by atoms with Crippen LogP contribution in [0.1, 0.15) is 58.8 Å². The quantitative estimate of drug-likeness (QED) is 0.640. The summed E-state index contributed by atoms with van der Waals surface area (Å²) in [7, 11) is 0. The zero-order chi connectivity index (χ0) is 11.6. The maximum Gasteiger partial charge on any atom is 0.00914 e. The summed E-state index contributed by atoms with van der Waals surface area (Å²) in [5.41, 5.74) is 0. The lowest BCUT2D eigenvalue weighted by molar-refractivity contribution is 0.198. The van der Waals surface area contributed by atoms with E-state index in [-0.39, 0.29) is 0 Å². The van der Waals surface area contributed by atoms with Crippen molar-refractivity contribution in [2.24, 2.45) is 0 Å². The van der Waals surface area contributed by atoms with Crippen molar-refractivity contribution in [3.8, 4) is 0 Å². The summed E-state index contributed by atoms with van der Waals surface area (Å²) in [5.74, 6) is 0. The molecule has 0 aromatic carbocycles. The monoisotopic (exact) mass is 226 g/mol. The van der Waals surface area contributed by atoms with Gasteiger partial charge < -0.3 is 10.2 Å². The molecule has 0 unspecified atom stereocenters. The zero-order valence-corrected chi connectivity index (χ0v) is 11.3. The molecule has 1 saturated heterocycles. The van der Waals surface area contributed by atoms with Crippen molar-refractivity contribution in [3.05, 3.63) is 0 Å². The van der Waals surface area contributed by atoms with E-state index in [0.717, 1.165) is 6.04 Å². The Kier molecular flexibility index (Phi) is 7.87. The second-order valence-electron chi connectivity index (χ2n) is 5.13. The molecule has 16 heavy (non-hydrogen) atoms. The molecule has 1 heterocycles. The Morgan fingerprint density at radius 3 is 2.38 bits per heavy atom. The van der Waals surface area contributed by atoms with E-state index in [4.69, 9.17) is 0 Å². The van der Waals surface area contributed by atoms with Gasteiger partial charge in [0.1, 0.15) is 0 Å². The molecule has 0 spiro atoms. The van der Waals surface area contributed by atoms with E-state index in [1.807, 2.05) is 0 Å². The maximum atomic E-state index is 3.72. The summed E-state index contributed by atoms with van der Waals surface area (Å²) in [6.07, 6.45) is 9.52. The number of hydrogen-bond acceptors (Lipinski definition) is 2.